The quantitative estimate of drug-likeness (QED) is 0.721. The first-order valence-corrected chi connectivity index (χ1v) is 4.08. The fourth-order valence-corrected chi connectivity index (χ4v) is 1.23. The highest BCUT2D eigenvalue weighted by Gasteiger charge is 2.38. The van der Waals surface area contributed by atoms with Gasteiger partial charge in [0.2, 0.25) is 5.79 Å². The van der Waals surface area contributed by atoms with Crippen molar-refractivity contribution < 1.29 is 19.0 Å². The van der Waals surface area contributed by atoms with E-state index >= 15 is 0 Å². The van der Waals surface area contributed by atoms with Crippen molar-refractivity contribution in [2.75, 3.05) is 13.2 Å². The van der Waals surface area contributed by atoms with Gasteiger partial charge in [-0.2, -0.15) is 0 Å². The molecule has 1 aliphatic heterocycles. The summed E-state index contributed by atoms with van der Waals surface area (Å²) in [5, 5.41) is 8.77. The van der Waals surface area contributed by atoms with E-state index < -0.39 is 5.79 Å². The van der Waals surface area contributed by atoms with Crippen molar-refractivity contribution in [3.05, 3.63) is 17.8 Å². The standard InChI is InChI=1S/C8H11NO4/c1-8(12-2-3-13-8)7-9-6(4-10)5-11-7/h5,10H,2-4H2,1H3. The molecule has 0 aliphatic carbocycles. The number of ether oxygens (including phenoxy) is 2. The summed E-state index contributed by atoms with van der Waals surface area (Å²) in [7, 11) is 0. The van der Waals surface area contributed by atoms with Crippen LogP contribution in [0.15, 0.2) is 10.7 Å². The third kappa shape index (κ3) is 1.46. The number of rotatable bonds is 2. The Morgan fingerprint density at radius 2 is 2.23 bits per heavy atom. The minimum atomic E-state index is -0.882. The summed E-state index contributed by atoms with van der Waals surface area (Å²) in [4.78, 5) is 4.02. The molecule has 2 rings (SSSR count). The number of aliphatic hydroxyl groups excluding tert-OH is 1. The van der Waals surface area contributed by atoms with Crippen LogP contribution < -0.4 is 0 Å². The summed E-state index contributed by atoms with van der Waals surface area (Å²) < 4.78 is 15.8. The van der Waals surface area contributed by atoms with Gasteiger partial charge >= 0.3 is 0 Å². The lowest BCUT2D eigenvalue weighted by molar-refractivity contribution is -0.166. The number of hydrogen-bond donors (Lipinski definition) is 1. The molecule has 1 aromatic rings. The van der Waals surface area contributed by atoms with Crippen LogP contribution in [0.3, 0.4) is 0 Å². The predicted octanol–water partition coefficient (Wildman–Crippen LogP) is 0.386. The molecule has 1 N–H and O–H groups in total. The normalized spacial score (nSPS) is 20.8. The van der Waals surface area contributed by atoms with E-state index in [1.807, 2.05) is 0 Å². The van der Waals surface area contributed by atoms with Gasteiger partial charge in [-0.15, -0.1) is 0 Å². The molecule has 1 saturated heterocycles. The van der Waals surface area contributed by atoms with E-state index in [0.29, 0.717) is 24.8 Å². The van der Waals surface area contributed by atoms with Gasteiger partial charge in [0.1, 0.15) is 12.0 Å². The smallest absolute Gasteiger partial charge is 0.255 e. The fraction of sp³-hybridized carbons (Fsp3) is 0.625. The van der Waals surface area contributed by atoms with Crippen LogP contribution in [0.2, 0.25) is 0 Å². The van der Waals surface area contributed by atoms with Gasteiger partial charge in [0.25, 0.3) is 5.89 Å². The maximum atomic E-state index is 8.77. The molecule has 1 fully saturated rings. The molecule has 0 saturated carbocycles. The van der Waals surface area contributed by atoms with E-state index in [4.69, 9.17) is 19.0 Å². The molecule has 0 bridgehead atoms. The lowest BCUT2D eigenvalue weighted by Crippen LogP contribution is -2.22. The van der Waals surface area contributed by atoms with Gasteiger partial charge in [0.05, 0.1) is 19.8 Å². The highest BCUT2D eigenvalue weighted by molar-refractivity contribution is 5.00. The second-order valence-corrected chi connectivity index (χ2v) is 2.94. The molecule has 2 heterocycles. The monoisotopic (exact) mass is 185 g/mol. The van der Waals surface area contributed by atoms with Crippen molar-refractivity contribution in [2.45, 2.75) is 19.3 Å². The van der Waals surface area contributed by atoms with Crippen molar-refractivity contribution in [3.63, 3.8) is 0 Å². The third-order valence-electron chi connectivity index (χ3n) is 1.94. The Morgan fingerprint density at radius 3 is 2.77 bits per heavy atom. The molecule has 13 heavy (non-hydrogen) atoms. The number of oxazole rings is 1. The summed E-state index contributed by atoms with van der Waals surface area (Å²) in [5.41, 5.74) is 0.482. The van der Waals surface area contributed by atoms with E-state index in [0.717, 1.165) is 0 Å². The van der Waals surface area contributed by atoms with Crippen LogP contribution in [0.5, 0.6) is 0 Å². The lowest BCUT2D eigenvalue weighted by atomic mass is 10.3. The summed E-state index contributed by atoms with van der Waals surface area (Å²) in [5.74, 6) is -0.526. The van der Waals surface area contributed by atoms with Gasteiger partial charge in [-0.05, 0) is 6.92 Å². The first-order chi connectivity index (χ1) is 6.24. The molecule has 0 radical (unpaired) electrons. The van der Waals surface area contributed by atoms with Crippen LogP contribution in [0, 0.1) is 0 Å². The molecule has 5 nitrogen and oxygen atoms in total. The highest BCUT2D eigenvalue weighted by Crippen LogP contribution is 2.29. The van der Waals surface area contributed by atoms with Crippen molar-refractivity contribution in [2.24, 2.45) is 0 Å². The second kappa shape index (κ2) is 3.10. The van der Waals surface area contributed by atoms with Gasteiger partial charge in [0, 0.05) is 0 Å². The van der Waals surface area contributed by atoms with Crippen LogP contribution in [0.1, 0.15) is 18.5 Å². The van der Waals surface area contributed by atoms with E-state index in [9.17, 15) is 0 Å². The van der Waals surface area contributed by atoms with Gasteiger partial charge < -0.3 is 19.0 Å². The van der Waals surface area contributed by atoms with Crippen molar-refractivity contribution in [1.82, 2.24) is 4.98 Å². The number of aromatic nitrogens is 1. The van der Waals surface area contributed by atoms with Gasteiger partial charge in [-0.3, -0.25) is 0 Å². The zero-order valence-electron chi connectivity index (χ0n) is 7.32. The molecule has 0 unspecified atom stereocenters. The number of hydrogen-bond acceptors (Lipinski definition) is 5. The molecule has 72 valence electrons. The average molecular weight is 185 g/mol. The van der Waals surface area contributed by atoms with Crippen LogP contribution in [-0.4, -0.2) is 23.3 Å². The Labute approximate surface area is 75.3 Å². The maximum absolute atomic E-state index is 8.77. The summed E-state index contributed by atoms with van der Waals surface area (Å²) in [6, 6.07) is 0. The van der Waals surface area contributed by atoms with Crippen molar-refractivity contribution in [1.29, 1.82) is 0 Å². The summed E-state index contributed by atoms with van der Waals surface area (Å²) in [6.07, 6.45) is 1.39. The lowest BCUT2D eigenvalue weighted by Gasteiger charge is -2.17. The zero-order valence-corrected chi connectivity index (χ0v) is 7.32. The molecule has 5 heteroatoms. The van der Waals surface area contributed by atoms with Crippen molar-refractivity contribution in [3.8, 4) is 0 Å². The van der Waals surface area contributed by atoms with Crippen LogP contribution in [-0.2, 0) is 21.9 Å². The Balaban J connectivity index is 2.23. The Bertz CT molecular complexity index is 290. The van der Waals surface area contributed by atoms with Gasteiger partial charge in [0.15, 0.2) is 0 Å². The molecule has 0 spiro atoms. The minimum Gasteiger partial charge on any atom is -0.444 e. The Morgan fingerprint density at radius 1 is 1.54 bits per heavy atom. The van der Waals surface area contributed by atoms with Crippen LogP contribution >= 0.6 is 0 Å². The van der Waals surface area contributed by atoms with E-state index in [1.165, 1.54) is 6.26 Å². The van der Waals surface area contributed by atoms with E-state index in [-0.39, 0.29) is 6.61 Å². The Hall–Kier alpha value is -0.910. The maximum Gasteiger partial charge on any atom is 0.255 e. The molecule has 1 aliphatic rings. The van der Waals surface area contributed by atoms with Gasteiger partial charge in [-0.1, -0.05) is 0 Å². The number of aliphatic hydroxyl groups is 1. The minimum absolute atomic E-state index is 0.139. The highest BCUT2D eigenvalue weighted by atomic mass is 16.7. The molecule has 0 aromatic carbocycles. The first-order valence-electron chi connectivity index (χ1n) is 4.08. The topological polar surface area (TPSA) is 64.7 Å². The summed E-state index contributed by atoms with van der Waals surface area (Å²) in [6.45, 7) is 2.67. The SMILES string of the molecule is CC1(c2nc(CO)co2)OCCO1. The van der Waals surface area contributed by atoms with Crippen LogP contribution in [0.4, 0.5) is 0 Å². The first kappa shape index (κ1) is 8.68. The predicted molar refractivity (Wildman–Crippen MR) is 41.7 cm³/mol. The second-order valence-electron chi connectivity index (χ2n) is 2.94. The molecule has 0 amide bonds. The molecular formula is C8H11NO4. The van der Waals surface area contributed by atoms with E-state index in [2.05, 4.69) is 4.98 Å². The number of nitrogens with zero attached hydrogens (tertiary/aromatic N) is 1. The van der Waals surface area contributed by atoms with Crippen molar-refractivity contribution >= 4 is 0 Å². The van der Waals surface area contributed by atoms with Gasteiger partial charge in [-0.25, -0.2) is 4.98 Å². The third-order valence-corrected chi connectivity index (χ3v) is 1.94. The molecule has 1 aromatic heterocycles. The summed E-state index contributed by atoms with van der Waals surface area (Å²) >= 11 is 0. The fourth-order valence-electron chi connectivity index (χ4n) is 1.23. The molecule has 0 atom stereocenters. The zero-order chi connectivity index (χ0) is 9.31. The largest absolute Gasteiger partial charge is 0.444 e. The average Bonchev–Trinajstić information content (AvgIpc) is 2.72. The van der Waals surface area contributed by atoms with E-state index in [1.54, 1.807) is 6.92 Å². The molecular weight excluding hydrogens is 174 g/mol. The Kier molecular flexibility index (Phi) is 2.07. The van der Waals surface area contributed by atoms with Crippen LogP contribution in [0.25, 0.3) is 0 Å².